The van der Waals surface area contributed by atoms with Crippen molar-refractivity contribution < 1.29 is 0 Å². The zero-order valence-electron chi connectivity index (χ0n) is 13.2. The van der Waals surface area contributed by atoms with Gasteiger partial charge in [-0.2, -0.15) is 0 Å². The Morgan fingerprint density at radius 1 is 1.05 bits per heavy atom. The Balaban J connectivity index is 2.01. The third-order valence-corrected chi connectivity index (χ3v) is 4.99. The van der Waals surface area contributed by atoms with Crippen molar-refractivity contribution in [1.82, 2.24) is 0 Å². The number of hydrogen-bond acceptors (Lipinski definition) is 2. The molecular formula is C19H25NS. The molecule has 0 amide bonds. The molecule has 21 heavy (non-hydrogen) atoms. The van der Waals surface area contributed by atoms with Crippen LogP contribution in [0.15, 0.2) is 47.4 Å². The summed E-state index contributed by atoms with van der Waals surface area (Å²) in [5.41, 5.74) is 11.5. The summed E-state index contributed by atoms with van der Waals surface area (Å²) in [6.45, 7) is 6.48. The highest BCUT2D eigenvalue weighted by molar-refractivity contribution is 7.98. The summed E-state index contributed by atoms with van der Waals surface area (Å²) < 4.78 is 0. The van der Waals surface area contributed by atoms with Gasteiger partial charge in [-0.15, -0.1) is 11.8 Å². The van der Waals surface area contributed by atoms with Crippen LogP contribution in [0.2, 0.25) is 0 Å². The van der Waals surface area contributed by atoms with E-state index in [4.69, 9.17) is 5.73 Å². The van der Waals surface area contributed by atoms with Crippen molar-refractivity contribution in [2.24, 2.45) is 5.73 Å². The number of rotatable bonds is 6. The normalized spacial score (nSPS) is 12.4. The summed E-state index contributed by atoms with van der Waals surface area (Å²) in [7, 11) is 0. The highest BCUT2D eigenvalue weighted by atomic mass is 32.2. The fraction of sp³-hybridized carbons (Fsp3) is 0.368. The molecule has 0 bridgehead atoms. The molecule has 2 aromatic rings. The first kappa shape index (κ1) is 16.1. The topological polar surface area (TPSA) is 26.0 Å². The maximum absolute atomic E-state index is 6.04. The number of nitrogens with two attached hydrogens (primary N) is 1. The Morgan fingerprint density at radius 3 is 2.52 bits per heavy atom. The predicted molar refractivity (Wildman–Crippen MR) is 93.9 cm³/mol. The summed E-state index contributed by atoms with van der Waals surface area (Å²) in [6.07, 6.45) is 2.00. The smallest absolute Gasteiger partial charge is 0.0232 e. The van der Waals surface area contributed by atoms with Gasteiger partial charge in [-0.3, -0.25) is 0 Å². The Morgan fingerprint density at radius 2 is 1.86 bits per heavy atom. The Hall–Kier alpha value is -1.25. The monoisotopic (exact) mass is 299 g/mol. The molecule has 0 aliphatic carbocycles. The molecule has 1 nitrogen and oxygen atoms in total. The molecule has 112 valence electrons. The summed E-state index contributed by atoms with van der Waals surface area (Å²) in [5, 5.41) is 0. The molecular weight excluding hydrogens is 274 g/mol. The van der Waals surface area contributed by atoms with Crippen LogP contribution in [-0.2, 0) is 12.2 Å². The third-order valence-electron chi connectivity index (χ3n) is 3.74. The first-order chi connectivity index (χ1) is 10.1. The molecule has 2 heteroatoms. The molecule has 0 saturated carbocycles. The van der Waals surface area contributed by atoms with Gasteiger partial charge in [0.05, 0.1) is 0 Å². The van der Waals surface area contributed by atoms with Crippen LogP contribution in [0.3, 0.4) is 0 Å². The summed E-state index contributed by atoms with van der Waals surface area (Å²) in [5.74, 6) is 1.02. The first-order valence-electron chi connectivity index (χ1n) is 7.62. The molecule has 2 aromatic carbocycles. The minimum Gasteiger partial charge on any atom is -0.327 e. The van der Waals surface area contributed by atoms with E-state index < -0.39 is 0 Å². The fourth-order valence-electron chi connectivity index (χ4n) is 2.41. The molecule has 0 fully saturated rings. The lowest BCUT2D eigenvalue weighted by molar-refractivity contribution is 0.646. The molecule has 0 aliphatic heterocycles. The average Bonchev–Trinajstić information content (AvgIpc) is 2.46. The van der Waals surface area contributed by atoms with Crippen LogP contribution in [0, 0.1) is 13.8 Å². The van der Waals surface area contributed by atoms with Crippen molar-refractivity contribution >= 4 is 11.8 Å². The second kappa shape index (κ2) is 7.67. The fourth-order valence-corrected chi connectivity index (χ4v) is 3.36. The minimum absolute atomic E-state index is 0.273. The minimum atomic E-state index is 0.273. The van der Waals surface area contributed by atoms with Gasteiger partial charge in [0.25, 0.3) is 0 Å². The molecule has 2 N–H and O–H groups in total. The standard InChI is InChI=1S/C19H25NS/c1-4-18(20)12-16-8-9-19(15(3)11-16)21-13-17-7-5-6-14(2)10-17/h5-11,18H,4,12-13,20H2,1-3H3. The zero-order chi connectivity index (χ0) is 15.2. The SMILES string of the molecule is CCC(N)Cc1ccc(SCc2cccc(C)c2)c(C)c1. The second-order valence-electron chi connectivity index (χ2n) is 5.75. The number of benzene rings is 2. The quantitative estimate of drug-likeness (QED) is 0.770. The largest absolute Gasteiger partial charge is 0.327 e. The maximum Gasteiger partial charge on any atom is 0.0232 e. The van der Waals surface area contributed by atoms with Crippen molar-refractivity contribution in [2.75, 3.05) is 0 Å². The molecule has 0 spiro atoms. The predicted octanol–water partition coefficient (Wildman–Crippen LogP) is 4.88. The Labute approximate surface area is 133 Å². The van der Waals surface area contributed by atoms with Crippen molar-refractivity contribution in [3.05, 3.63) is 64.7 Å². The Bertz CT molecular complexity index is 592. The summed E-state index contributed by atoms with van der Waals surface area (Å²) >= 11 is 1.91. The average molecular weight is 299 g/mol. The van der Waals surface area contributed by atoms with Crippen LogP contribution >= 0.6 is 11.8 Å². The molecule has 0 radical (unpaired) electrons. The zero-order valence-corrected chi connectivity index (χ0v) is 14.0. The van der Waals surface area contributed by atoms with E-state index in [0.29, 0.717) is 0 Å². The lowest BCUT2D eigenvalue weighted by atomic mass is 10.0. The lowest BCUT2D eigenvalue weighted by Gasteiger charge is -2.12. The number of thioether (sulfide) groups is 1. The maximum atomic E-state index is 6.04. The van der Waals surface area contributed by atoms with Crippen molar-refractivity contribution in [2.45, 2.75) is 50.3 Å². The van der Waals surface area contributed by atoms with E-state index in [0.717, 1.165) is 18.6 Å². The van der Waals surface area contributed by atoms with Crippen LogP contribution < -0.4 is 5.73 Å². The van der Waals surface area contributed by atoms with Gasteiger partial charge in [-0.1, -0.05) is 48.9 Å². The van der Waals surface area contributed by atoms with Crippen molar-refractivity contribution in [1.29, 1.82) is 0 Å². The van der Waals surface area contributed by atoms with Crippen LogP contribution in [0.25, 0.3) is 0 Å². The molecule has 0 aliphatic rings. The van der Waals surface area contributed by atoms with Crippen LogP contribution in [0.1, 0.15) is 35.6 Å². The van der Waals surface area contributed by atoms with Crippen molar-refractivity contribution in [3.63, 3.8) is 0 Å². The van der Waals surface area contributed by atoms with Crippen LogP contribution in [0.4, 0.5) is 0 Å². The van der Waals surface area contributed by atoms with Gasteiger partial charge in [-0.25, -0.2) is 0 Å². The molecule has 1 unspecified atom stereocenters. The van der Waals surface area contributed by atoms with E-state index in [2.05, 4.69) is 63.2 Å². The van der Waals surface area contributed by atoms with Gasteiger partial charge in [-0.05, 0) is 49.4 Å². The van der Waals surface area contributed by atoms with E-state index in [1.807, 2.05) is 11.8 Å². The molecule has 1 atom stereocenters. The van der Waals surface area contributed by atoms with Gasteiger partial charge in [0.2, 0.25) is 0 Å². The van der Waals surface area contributed by atoms with Gasteiger partial charge in [0.15, 0.2) is 0 Å². The first-order valence-corrected chi connectivity index (χ1v) is 8.60. The number of hydrogen-bond donors (Lipinski definition) is 1. The van der Waals surface area contributed by atoms with Gasteiger partial charge in [0.1, 0.15) is 0 Å². The van der Waals surface area contributed by atoms with Gasteiger partial charge in [0, 0.05) is 16.7 Å². The molecule has 2 rings (SSSR count). The van der Waals surface area contributed by atoms with E-state index >= 15 is 0 Å². The Kier molecular flexibility index (Phi) is 5.89. The highest BCUT2D eigenvalue weighted by Gasteiger charge is 2.05. The van der Waals surface area contributed by atoms with Crippen molar-refractivity contribution in [3.8, 4) is 0 Å². The number of aryl methyl sites for hydroxylation is 2. The summed E-state index contributed by atoms with van der Waals surface area (Å²) in [4.78, 5) is 1.37. The summed E-state index contributed by atoms with van der Waals surface area (Å²) in [6, 6.07) is 15.8. The highest BCUT2D eigenvalue weighted by Crippen LogP contribution is 2.27. The molecule has 0 aromatic heterocycles. The lowest BCUT2D eigenvalue weighted by Crippen LogP contribution is -2.21. The van der Waals surface area contributed by atoms with E-state index in [1.165, 1.54) is 27.1 Å². The van der Waals surface area contributed by atoms with Gasteiger partial charge < -0.3 is 5.73 Å². The van der Waals surface area contributed by atoms with Crippen LogP contribution in [0.5, 0.6) is 0 Å². The second-order valence-corrected chi connectivity index (χ2v) is 6.77. The van der Waals surface area contributed by atoms with Crippen LogP contribution in [-0.4, -0.2) is 6.04 Å². The van der Waals surface area contributed by atoms with E-state index in [9.17, 15) is 0 Å². The molecule has 0 saturated heterocycles. The third kappa shape index (κ3) is 4.90. The van der Waals surface area contributed by atoms with Gasteiger partial charge >= 0.3 is 0 Å². The van der Waals surface area contributed by atoms with E-state index in [-0.39, 0.29) is 6.04 Å². The van der Waals surface area contributed by atoms with E-state index in [1.54, 1.807) is 0 Å². The molecule has 0 heterocycles.